The smallest absolute Gasteiger partial charge is 0.334 e. The first-order valence-corrected chi connectivity index (χ1v) is 10.9. The van der Waals surface area contributed by atoms with Crippen molar-refractivity contribution in [1.82, 2.24) is 15.4 Å². The average Bonchev–Trinajstić information content (AvgIpc) is 2.88. The number of benzene rings is 3. The zero-order chi connectivity index (χ0) is 24.6. The van der Waals surface area contributed by atoms with Gasteiger partial charge in [-0.1, -0.05) is 34.1 Å². The molecule has 0 saturated heterocycles. The van der Waals surface area contributed by atoms with Gasteiger partial charge in [0.05, 0.1) is 16.3 Å². The minimum atomic E-state index is -0.640. The third kappa shape index (κ3) is 6.21. The monoisotopic (exact) mass is 532 g/mol. The minimum absolute atomic E-state index is 0.0518. The van der Waals surface area contributed by atoms with Crippen LogP contribution in [-0.4, -0.2) is 20.8 Å². The Morgan fingerprint density at radius 2 is 1.49 bits per heavy atom. The number of azo groups is 1. The number of nitrogens with one attached hydrogen (secondary N) is 3. The summed E-state index contributed by atoms with van der Waals surface area (Å²) in [6, 6.07) is 22.7. The second-order valence-electron chi connectivity index (χ2n) is 6.97. The Kier molecular flexibility index (Phi) is 7.33. The summed E-state index contributed by atoms with van der Waals surface area (Å²) >= 11 is 3.30. The lowest BCUT2D eigenvalue weighted by Gasteiger charge is -2.11. The molecule has 0 radical (unpaired) electrons. The first-order chi connectivity index (χ1) is 17.0. The highest BCUT2D eigenvalue weighted by molar-refractivity contribution is 9.10. The molecule has 1 amide bonds. The van der Waals surface area contributed by atoms with Crippen LogP contribution in [0.4, 0.5) is 34.4 Å². The molecule has 4 rings (SSSR count). The molecule has 0 aliphatic heterocycles. The molecule has 0 unspecified atom stereocenters. The molecule has 1 aromatic heterocycles. The highest BCUT2D eigenvalue weighted by atomic mass is 79.9. The normalized spacial score (nSPS) is 10.7. The van der Waals surface area contributed by atoms with Crippen LogP contribution in [0.3, 0.4) is 0 Å². The summed E-state index contributed by atoms with van der Waals surface area (Å²) in [5, 5.41) is 23.0. The van der Waals surface area contributed by atoms with Gasteiger partial charge >= 0.3 is 5.69 Å². The first-order valence-electron chi connectivity index (χ1n) is 10.1. The summed E-state index contributed by atoms with van der Waals surface area (Å²) in [5.41, 5.74) is 6.70. The van der Waals surface area contributed by atoms with Crippen molar-refractivity contribution in [3.63, 3.8) is 0 Å². The molecule has 12 heteroatoms. The molecule has 0 fully saturated rings. The number of rotatable bonds is 8. The first kappa shape index (κ1) is 23.4. The highest BCUT2D eigenvalue weighted by Crippen LogP contribution is 2.31. The third-order valence-corrected chi connectivity index (χ3v) is 5.10. The van der Waals surface area contributed by atoms with Crippen LogP contribution in [-0.2, 0) is 0 Å². The van der Waals surface area contributed by atoms with Gasteiger partial charge in [0.25, 0.3) is 5.91 Å². The van der Waals surface area contributed by atoms with Gasteiger partial charge < -0.3 is 5.32 Å². The van der Waals surface area contributed by atoms with Gasteiger partial charge in [-0.2, -0.15) is 10.2 Å². The van der Waals surface area contributed by atoms with E-state index in [1.165, 1.54) is 0 Å². The summed E-state index contributed by atoms with van der Waals surface area (Å²) < 4.78 is 0.816. The van der Waals surface area contributed by atoms with E-state index >= 15 is 0 Å². The Hall–Kier alpha value is -4.71. The standard InChI is InChI=1S/C23H17BrN8O3/c24-16-8-6-15(7-9-16)23(33)31-30-22-20(32(34)35)21(25-14-26-22)27-17-10-12-19(13-11-17)29-28-18-4-2-1-3-5-18/h1-14H,(H,31,33)(H2,25,26,27,30). The molecular weight excluding hydrogens is 516 g/mol. The van der Waals surface area contributed by atoms with Crippen molar-refractivity contribution in [2.45, 2.75) is 0 Å². The number of anilines is 3. The number of hydrazine groups is 1. The molecular formula is C23H17BrN8O3. The number of amides is 1. The lowest BCUT2D eigenvalue weighted by Crippen LogP contribution is -2.30. The predicted molar refractivity (Wildman–Crippen MR) is 134 cm³/mol. The molecule has 11 nitrogen and oxygen atoms in total. The molecule has 3 aromatic carbocycles. The van der Waals surface area contributed by atoms with Crippen molar-refractivity contribution in [1.29, 1.82) is 0 Å². The van der Waals surface area contributed by atoms with Gasteiger partial charge in [-0.25, -0.2) is 9.97 Å². The Morgan fingerprint density at radius 1 is 0.857 bits per heavy atom. The van der Waals surface area contributed by atoms with Crippen LogP contribution in [0.5, 0.6) is 0 Å². The molecule has 0 aliphatic carbocycles. The number of carbonyl (C=O) groups excluding carboxylic acids is 1. The van der Waals surface area contributed by atoms with Crippen LogP contribution >= 0.6 is 15.9 Å². The number of carbonyl (C=O) groups is 1. The van der Waals surface area contributed by atoms with E-state index in [0.29, 0.717) is 16.9 Å². The van der Waals surface area contributed by atoms with E-state index in [1.54, 1.807) is 48.5 Å². The molecule has 35 heavy (non-hydrogen) atoms. The molecule has 0 bridgehead atoms. The fraction of sp³-hybridized carbons (Fsp3) is 0. The van der Waals surface area contributed by atoms with Gasteiger partial charge in [0.15, 0.2) is 0 Å². The van der Waals surface area contributed by atoms with E-state index < -0.39 is 16.5 Å². The molecule has 4 aromatic rings. The number of nitrogens with zero attached hydrogens (tertiary/aromatic N) is 5. The molecule has 0 spiro atoms. The number of nitro groups is 1. The Morgan fingerprint density at radius 3 is 2.14 bits per heavy atom. The van der Waals surface area contributed by atoms with E-state index in [9.17, 15) is 14.9 Å². The Balaban J connectivity index is 1.47. The van der Waals surface area contributed by atoms with E-state index in [1.807, 2.05) is 30.3 Å². The molecule has 174 valence electrons. The summed E-state index contributed by atoms with van der Waals surface area (Å²) in [6.45, 7) is 0. The molecule has 3 N–H and O–H groups in total. The quantitative estimate of drug-likeness (QED) is 0.142. The number of aromatic nitrogens is 2. The molecule has 1 heterocycles. The second-order valence-corrected chi connectivity index (χ2v) is 7.89. The summed E-state index contributed by atoms with van der Waals surface area (Å²) in [5.74, 6) is -0.713. The van der Waals surface area contributed by atoms with E-state index in [2.05, 4.69) is 52.3 Å². The maximum absolute atomic E-state index is 12.3. The van der Waals surface area contributed by atoms with Gasteiger partial charge in [0, 0.05) is 15.7 Å². The maximum atomic E-state index is 12.3. The largest absolute Gasteiger partial charge is 0.355 e. The van der Waals surface area contributed by atoms with E-state index in [0.717, 1.165) is 16.5 Å². The van der Waals surface area contributed by atoms with Crippen molar-refractivity contribution in [2.75, 3.05) is 10.7 Å². The van der Waals surface area contributed by atoms with Gasteiger partial charge in [-0.15, -0.1) is 0 Å². The SMILES string of the molecule is O=C(NNc1ncnc(Nc2ccc(N=Nc3ccccc3)cc2)c1[N+](=O)[O-])c1ccc(Br)cc1. The summed E-state index contributed by atoms with van der Waals surface area (Å²) in [7, 11) is 0. The van der Waals surface area contributed by atoms with Crippen LogP contribution in [0.15, 0.2) is 99.9 Å². The van der Waals surface area contributed by atoms with Crippen LogP contribution < -0.4 is 16.2 Å². The van der Waals surface area contributed by atoms with Gasteiger partial charge in [-0.05, 0) is 60.7 Å². The van der Waals surface area contributed by atoms with Crippen LogP contribution in [0, 0.1) is 10.1 Å². The van der Waals surface area contributed by atoms with Crippen molar-refractivity contribution in [2.24, 2.45) is 10.2 Å². The van der Waals surface area contributed by atoms with Crippen molar-refractivity contribution < 1.29 is 9.72 Å². The van der Waals surface area contributed by atoms with Gasteiger partial charge in [0.1, 0.15) is 6.33 Å². The lowest BCUT2D eigenvalue weighted by atomic mass is 10.2. The fourth-order valence-corrected chi connectivity index (χ4v) is 3.15. The van der Waals surface area contributed by atoms with Crippen LogP contribution in [0.1, 0.15) is 10.4 Å². The maximum Gasteiger partial charge on any atom is 0.355 e. The number of hydrogen-bond acceptors (Lipinski definition) is 9. The predicted octanol–water partition coefficient (Wildman–Crippen LogP) is 6.06. The van der Waals surface area contributed by atoms with Gasteiger partial charge in [-0.3, -0.25) is 25.8 Å². The average molecular weight is 533 g/mol. The fourth-order valence-electron chi connectivity index (χ4n) is 2.88. The summed E-state index contributed by atoms with van der Waals surface area (Å²) in [4.78, 5) is 31.3. The summed E-state index contributed by atoms with van der Waals surface area (Å²) in [6.07, 6.45) is 1.14. The zero-order valence-electron chi connectivity index (χ0n) is 17.9. The van der Waals surface area contributed by atoms with Crippen LogP contribution in [0.25, 0.3) is 0 Å². The molecule has 0 saturated carbocycles. The molecule has 0 aliphatic rings. The van der Waals surface area contributed by atoms with Crippen molar-refractivity contribution in [3.8, 4) is 0 Å². The second kappa shape index (κ2) is 10.9. The highest BCUT2D eigenvalue weighted by Gasteiger charge is 2.23. The number of hydrogen-bond donors (Lipinski definition) is 3. The Labute approximate surface area is 207 Å². The topological polar surface area (TPSA) is 147 Å². The van der Waals surface area contributed by atoms with Crippen molar-refractivity contribution in [3.05, 3.63) is 105 Å². The van der Waals surface area contributed by atoms with Crippen molar-refractivity contribution >= 4 is 56.2 Å². The van der Waals surface area contributed by atoms with Crippen LogP contribution in [0.2, 0.25) is 0 Å². The molecule has 0 atom stereocenters. The lowest BCUT2D eigenvalue weighted by molar-refractivity contribution is -0.383. The third-order valence-electron chi connectivity index (χ3n) is 4.57. The van der Waals surface area contributed by atoms with Gasteiger partial charge in [0.2, 0.25) is 11.6 Å². The minimum Gasteiger partial charge on any atom is -0.334 e. The number of halogens is 1. The van der Waals surface area contributed by atoms with E-state index in [-0.39, 0.29) is 11.6 Å². The Bertz CT molecular complexity index is 1360. The van der Waals surface area contributed by atoms with E-state index in [4.69, 9.17) is 0 Å². The zero-order valence-corrected chi connectivity index (χ0v) is 19.5.